The van der Waals surface area contributed by atoms with Crippen LogP contribution in [0.2, 0.25) is 0 Å². The van der Waals surface area contributed by atoms with Crippen molar-refractivity contribution >= 4 is 26.0 Å². The zero-order chi connectivity index (χ0) is 13.7. The molecule has 0 saturated heterocycles. The summed E-state index contributed by atoms with van der Waals surface area (Å²) in [6, 6.07) is 0. The van der Waals surface area contributed by atoms with Gasteiger partial charge in [-0.2, -0.15) is 12.6 Å². The Kier molecular flexibility index (Phi) is 6.90. The van der Waals surface area contributed by atoms with E-state index < -0.39 is 31.6 Å². The summed E-state index contributed by atoms with van der Waals surface area (Å²) in [5.74, 6) is 0. The van der Waals surface area contributed by atoms with Crippen molar-refractivity contribution in [2.75, 3.05) is 28.4 Å². The molecule has 0 aromatic carbocycles. The second kappa shape index (κ2) is 6.86. The molecule has 0 fully saturated rings. The highest BCUT2D eigenvalue weighted by atomic mass is 32.3. The van der Waals surface area contributed by atoms with Crippen LogP contribution in [-0.2, 0) is 41.5 Å². The smallest absolute Gasteiger partial charge is 0.307 e. The minimum Gasteiger partial charge on any atom is -0.307 e. The summed E-state index contributed by atoms with van der Waals surface area (Å²) in [7, 11) is -7.49. The third-order valence-corrected chi connectivity index (χ3v) is 6.57. The molecule has 2 atom stereocenters. The Morgan fingerprint density at radius 1 is 1.12 bits per heavy atom. The van der Waals surface area contributed by atoms with Crippen molar-refractivity contribution in [2.45, 2.75) is 5.59 Å². The van der Waals surface area contributed by atoms with E-state index in [1.807, 2.05) is 0 Å². The third kappa shape index (κ3) is 4.69. The maximum atomic E-state index is 11.9. The van der Waals surface area contributed by atoms with E-state index in [1.54, 1.807) is 0 Å². The molecule has 0 spiro atoms. The summed E-state index contributed by atoms with van der Waals surface area (Å²) >= 11 is 0. The molecule has 17 heavy (non-hydrogen) atoms. The van der Waals surface area contributed by atoms with Crippen molar-refractivity contribution in [3.8, 4) is 0 Å². The summed E-state index contributed by atoms with van der Waals surface area (Å²) in [6.07, 6.45) is 0. The lowest BCUT2D eigenvalue weighted by Gasteiger charge is -2.14. The molecule has 12 heteroatoms. The van der Waals surface area contributed by atoms with Crippen molar-refractivity contribution in [1.29, 1.82) is 0 Å². The third-order valence-electron chi connectivity index (χ3n) is 1.55. The molecule has 0 heterocycles. The molecule has 0 aliphatic rings. The lowest BCUT2D eigenvalue weighted by Crippen LogP contribution is -2.18. The Morgan fingerprint density at radius 3 is 1.88 bits per heavy atom. The first-order valence-corrected chi connectivity index (χ1v) is 8.16. The largest absolute Gasteiger partial charge is 0.555 e. The molecular weight excluding hydrogens is 298 g/mol. The average Bonchev–Trinajstić information content (AvgIpc) is 2.34. The van der Waals surface area contributed by atoms with Crippen LogP contribution >= 0.6 is 15.6 Å². The van der Waals surface area contributed by atoms with Gasteiger partial charge in [0.05, 0.1) is 14.2 Å². The first kappa shape index (κ1) is 17.1. The van der Waals surface area contributed by atoms with Crippen LogP contribution in [0.15, 0.2) is 0 Å². The predicted molar refractivity (Wildman–Crippen MR) is 57.0 cm³/mol. The first-order chi connectivity index (χ1) is 7.76. The fourth-order valence-electron chi connectivity index (χ4n) is 0.693. The standard InChI is InChI=1S/C5H13O9P2S/c1-10-15(6)5(14-17(8,9)13-4)16(7,11-2)12-3/h5H,1-4H3/q+1. The molecule has 0 N–H and O–H groups in total. The predicted octanol–water partition coefficient (Wildman–Crippen LogP) is 1.05. The molecule has 0 bridgehead atoms. The van der Waals surface area contributed by atoms with Gasteiger partial charge in [0, 0.05) is 14.2 Å². The van der Waals surface area contributed by atoms with Gasteiger partial charge in [0.2, 0.25) is 0 Å². The molecular formula is C5H13O9P2S+. The molecule has 0 aliphatic carbocycles. The molecule has 102 valence electrons. The van der Waals surface area contributed by atoms with Gasteiger partial charge in [0.15, 0.2) is 0 Å². The molecule has 2 unspecified atom stereocenters. The topological polar surface area (TPSA) is 114 Å². The fraction of sp³-hybridized carbons (Fsp3) is 1.00. The fourth-order valence-corrected chi connectivity index (χ4v) is 4.78. The Balaban J connectivity index is 5.30. The van der Waals surface area contributed by atoms with Gasteiger partial charge in [0.1, 0.15) is 0 Å². The summed E-state index contributed by atoms with van der Waals surface area (Å²) < 4.78 is 67.1. The Labute approximate surface area is 100 Å². The average molecular weight is 311 g/mol. The van der Waals surface area contributed by atoms with E-state index in [0.29, 0.717) is 0 Å². The van der Waals surface area contributed by atoms with Gasteiger partial charge >= 0.3 is 31.6 Å². The first-order valence-electron chi connectivity index (χ1n) is 3.96. The van der Waals surface area contributed by atoms with Crippen molar-refractivity contribution in [3.05, 3.63) is 0 Å². The van der Waals surface area contributed by atoms with Crippen LogP contribution in [-0.4, -0.2) is 42.4 Å². The quantitative estimate of drug-likeness (QED) is 0.606. The highest BCUT2D eigenvalue weighted by molar-refractivity contribution is 7.82. The van der Waals surface area contributed by atoms with Gasteiger partial charge < -0.3 is 9.05 Å². The Bertz CT molecular complexity index is 396. The van der Waals surface area contributed by atoms with Gasteiger partial charge in [-0.15, -0.1) is 4.52 Å². The minimum absolute atomic E-state index is 0.816. The highest BCUT2D eigenvalue weighted by Crippen LogP contribution is 2.61. The summed E-state index contributed by atoms with van der Waals surface area (Å²) in [5, 5.41) is 0. The molecule has 0 amide bonds. The van der Waals surface area contributed by atoms with Crippen LogP contribution in [0.1, 0.15) is 0 Å². The maximum absolute atomic E-state index is 11.9. The van der Waals surface area contributed by atoms with Crippen molar-refractivity contribution in [3.63, 3.8) is 0 Å². The van der Waals surface area contributed by atoms with Gasteiger partial charge in [0.25, 0.3) is 0 Å². The van der Waals surface area contributed by atoms with E-state index in [1.165, 1.54) is 0 Å². The monoisotopic (exact) mass is 311 g/mol. The van der Waals surface area contributed by atoms with Crippen molar-refractivity contribution in [2.24, 2.45) is 0 Å². The highest BCUT2D eigenvalue weighted by Gasteiger charge is 2.54. The SMILES string of the molecule is CO[P+](=O)C(OS(=O)(=O)OC)P(=O)(OC)OC. The van der Waals surface area contributed by atoms with E-state index in [2.05, 4.69) is 21.9 Å². The van der Waals surface area contributed by atoms with E-state index >= 15 is 0 Å². The Hall–Kier alpha value is 0.0800. The van der Waals surface area contributed by atoms with Crippen LogP contribution < -0.4 is 0 Å². The molecule has 0 radical (unpaired) electrons. The van der Waals surface area contributed by atoms with Crippen LogP contribution in [0.4, 0.5) is 0 Å². The van der Waals surface area contributed by atoms with Gasteiger partial charge in [-0.1, -0.05) is 0 Å². The molecule has 0 aliphatic heterocycles. The molecule has 0 rings (SSSR count). The van der Waals surface area contributed by atoms with E-state index in [9.17, 15) is 17.5 Å². The summed E-state index contributed by atoms with van der Waals surface area (Å²) in [6.45, 7) is 0. The van der Waals surface area contributed by atoms with Gasteiger partial charge in [-0.05, 0) is 4.57 Å². The van der Waals surface area contributed by atoms with Gasteiger partial charge in [-0.3, -0.25) is 8.75 Å². The van der Waals surface area contributed by atoms with Crippen LogP contribution in [0, 0.1) is 0 Å². The Morgan fingerprint density at radius 2 is 1.59 bits per heavy atom. The van der Waals surface area contributed by atoms with Crippen molar-refractivity contribution in [1.82, 2.24) is 0 Å². The second-order valence-corrected chi connectivity index (χ2v) is 7.80. The minimum atomic E-state index is -4.47. The normalized spacial score (nSPS) is 15.6. The van der Waals surface area contributed by atoms with Gasteiger partial charge in [-0.25, -0.2) is 0 Å². The van der Waals surface area contributed by atoms with E-state index in [4.69, 9.17) is 0 Å². The van der Waals surface area contributed by atoms with Crippen LogP contribution in [0.5, 0.6) is 0 Å². The zero-order valence-corrected chi connectivity index (χ0v) is 12.2. The molecule has 9 nitrogen and oxygen atoms in total. The number of hydrogen-bond donors (Lipinski definition) is 0. The number of hydrogen-bond acceptors (Lipinski definition) is 9. The van der Waals surface area contributed by atoms with Crippen LogP contribution in [0.25, 0.3) is 0 Å². The van der Waals surface area contributed by atoms with Crippen molar-refractivity contribution < 1.29 is 39.5 Å². The maximum Gasteiger partial charge on any atom is 0.555 e. The molecule has 0 aromatic rings. The zero-order valence-electron chi connectivity index (χ0n) is 9.55. The lowest BCUT2D eigenvalue weighted by atomic mass is 11.7. The van der Waals surface area contributed by atoms with E-state index in [0.717, 1.165) is 28.4 Å². The molecule has 0 saturated carbocycles. The van der Waals surface area contributed by atoms with Crippen LogP contribution in [0.3, 0.4) is 0 Å². The van der Waals surface area contributed by atoms with E-state index in [-0.39, 0.29) is 0 Å². The second-order valence-electron chi connectivity index (χ2n) is 2.37. The number of rotatable bonds is 8. The summed E-state index contributed by atoms with van der Waals surface area (Å²) in [4.78, 5) is 0. The lowest BCUT2D eigenvalue weighted by molar-refractivity contribution is 0.197. The summed E-state index contributed by atoms with van der Waals surface area (Å²) in [5.41, 5.74) is -1.94. The molecule has 0 aromatic heterocycles.